The van der Waals surface area contributed by atoms with Crippen LogP contribution in [0.15, 0.2) is 24.3 Å². The minimum atomic E-state index is -3.54. The first-order chi connectivity index (χ1) is 10.9. The summed E-state index contributed by atoms with van der Waals surface area (Å²) in [5.74, 6) is 0.631. The van der Waals surface area contributed by atoms with Crippen LogP contribution in [0.25, 0.3) is 11.0 Å². The van der Waals surface area contributed by atoms with Crippen LogP contribution in [0, 0.1) is 0 Å². The summed E-state index contributed by atoms with van der Waals surface area (Å²) in [7, 11) is -1.96. The minimum Gasteiger partial charge on any atom is -0.373 e. The Bertz CT molecular complexity index is 746. The van der Waals surface area contributed by atoms with Crippen molar-refractivity contribution in [3.8, 4) is 0 Å². The van der Waals surface area contributed by atoms with Gasteiger partial charge in [0.1, 0.15) is 5.82 Å². The zero-order chi connectivity index (χ0) is 16.6. The van der Waals surface area contributed by atoms with Gasteiger partial charge in [-0.05, 0) is 26.0 Å². The summed E-state index contributed by atoms with van der Waals surface area (Å²) in [6, 6.07) is 7.64. The fraction of sp³-hybridized carbons (Fsp3) is 0.533. The number of morpholine rings is 1. The molecule has 7 nitrogen and oxygen atoms in total. The van der Waals surface area contributed by atoms with Crippen molar-refractivity contribution in [2.75, 3.05) is 20.1 Å². The Morgan fingerprint density at radius 3 is 2.61 bits per heavy atom. The molecule has 0 aliphatic carbocycles. The molecule has 0 radical (unpaired) electrons. The third-order valence-electron chi connectivity index (χ3n) is 3.92. The molecule has 1 fully saturated rings. The first-order valence-electron chi connectivity index (χ1n) is 7.67. The average molecular weight is 338 g/mol. The topological polar surface area (TPSA) is 78.5 Å². The number of aromatic nitrogens is 2. The molecular weight excluding hydrogens is 316 g/mol. The molecule has 0 amide bonds. The van der Waals surface area contributed by atoms with Gasteiger partial charge in [0.15, 0.2) is 0 Å². The van der Waals surface area contributed by atoms with Gasteiger partial charge in [0.25, 0.3) is 10.2 Å². The van der Waals surface area contributed by atoms with Crippen molar-refractivity contribution in [2.45, 2.75) is 32.6 Å². The second kappa shape index (κ2) is 6.20. The van der Waals surface area contributed by atoms with Crippen LogP contribution >= 0.6 is 0 Å². The van der Waals surface area contributed by atoms with Crippen LogP contribution in [0.2, 0.25) is 0 Å². The molecule has 126 valence electrons. The molecule has 0 bridgehead atoms. The molecule has 1 saturated heterocycles. The molecule has 23 heavy (non-hydrogen) atoms. The molecule has 2 heterocycles. The Morgan fingerprint density at radius 1 is 1.30 bits per heavy atom. The predicted octanol–water partition coefficient (Wildman–Crippen LogP) is 1.35. The van der Waals surface area contributed by atoms with E-state index in [2.05, 4.69) is 9.97 Å². The molecule has 1 aliphatic heterocycles. The van der Waals surface area contributed by atoms with Crippen LogP contribution in [-0.4, -0.2) is 59.3 Å². The van der Waals surface area contributed by atoms with Gasteiger partial charge in [-0.25, -0.2) is 4.98 Å². The number of hydrogen-bond donors (Lipinski definition) is 1. The van der Waals surface area contributed by atoms with E-state index in [0.717, 1.165) is 11.0 Å². The summed E-state index contributed by atoms with van der Waals surface area (Å²) in [5, 5.41) is 0. The van der Waals surface area contributed by atoms with Crippen molar-refractivity contribution in [3.05, 3.63) is 30.1 Å². The van der Waals surface area contributed by atoms with Crippen molar-refractivity contribution >= 4 is 21.2 Å². The maximum Gasteiger partial charge on any atom is 0.282 e. The number of benzene rings is 1. The Balaban J connectivity index is 1.77. The zero-order valence-electron chi connectivity index (χ0n) is 13.6. The van der Waals surface area contributed by atoms with E-state index < -0.39 is 10.2 Å². The van der Waals surface area contributed by atoms with E-state index in [1.54, 1.807) is 7.05 Å². The molecule has 2 atom stereocenters. The van der Waals surface area contributed by atoms with Crippen molar-refractivity contribution < 1.29 is 13.2 Å². The van der Waals surface area contributed by atoms with E-state index in [0.29, 0.717) is 18.9 Å². The number of fused-ring (bicyclic) bond motifs is 1. The molecule has 1 aromatic heterocycles. The number of ether oxygens (including phenoxy) is 1. The lowest BCUT2D eigenvalue weighted by molar-refractivity contribution is -0.0453. The summed E-state index contributed by atoms with van der Waals surface area (Å²) < 4.78 is 33.9. The lowest BCUT2D eigenvalue weighted by Crippen LogP contribution is -2.52. The smallest absolute Gasteiger partial charge is 0.282 e. The summed E-state index contributed by atoms with van der Waals surface area (Å²) >= 11 is 0. The van der Waals surface area contributed by atoms with E-state index in [1.165, 1.54) is 8.61 Å². The Kier molecular flexibility index (Phi) is 4.41. The van der Waals surface area contributed by atoms with Gasteiger partial charge < -0.3 is 9.72 Å². The summed E-state index contributed by atoms with van der Waals surface area (Å²) in [4.78, 5) is 7.59. The molecule has 1 N–H and O–H groups in total. The van der Waals surface area contributed by atoms with Gasteiger partial charge in [-0.15, -0.1) is 0 Å². The second-order valence-corrected chi connectivity index (χ2v) is 8.07. The van der Waals surface area contributed by atoms with Crippen LogP contribution in [0.4, 0.5) is 0 Å². The molecule has 1 aliphatic rings. The molecular formula is C15H22N4O3S. The van der Waals surface area contributed by atoms with Crippen LogP contribution in [0.5, 0.6) is 0 Å². The van der Waals surface area contributed by atoms with E-state index in [-0.39, 0.29) is 18.8 Å². The molecule has 0 unspecified atom stereocenters. The predicted molar refractivity (Wildman–Crippen MR) is 88.1 cm³/mol. The highest BCUT2D eigenvalue weighted by Crippen LogP contribution is 2.18. The van der Waals surface area contributed by atoms with E-state index in [4.69, 9.17) is 4.74 Å². The third-order valence-corrected chi connectivity index (χ3v) is 5.78. The highest BCUT2D eigenvalue weighted by atomic mass is 32.2. The largest absolute Gasteiger partial charge is 0.373 e. The van der Waals surface area contributed by atoms with Gasteiger partial charge in [0, 0.05) is 20.1 Å². The second-order valence-electron chi connectivity index (χ2n) is 6.04. The zero-order valence-corrected chi connectivity index (χ0v) is 14.4. The van der Waals surface area contributed by atoms with Crippen LogP contribution in [0.1, 0.15) is 19.7 Å². The number of para-hydroxylation sites is 2. The van der Waals surface area contributed by atoms with Gasteiger partial charge in [-0.2, -0.15) is 17.0 Å². The minimum absolute atomic E-state index is 0.104. The third kappa shape index (κ3) is 3.40. The number of aromatic amines is 1. The highest BCUT2D eigenvalue weighted by molar-refractivity contribution is 7.86. The summed E-state index contributed by atoms with van der Waals surface area (Å²) in [6.07, 6.45) is -0.207. The lowest BCUT2D eigenvalue weighted by atomic mass is 10.3. The number of rotatable bonds is 4. The van der Waals surface area contributed by atoms with Gasteiger partial charge >= 0.3 is 0 Å². The fourth-order valence-corrected chi connectivity index (χ4v) is 4.37. The van der Waals surface area contributed by atoms with Crippen molar-refractivity contribution in [1.82, 2.24) is 18.6 Å². The Hall–Kier alpha value is -1.48. The van der Waals surface area contributed by atoms with Crippen LogP contribution < -0.4 is 0 Å². The fourth-order valence-electron chi connectivity index (χ4n) is 2.89. The number of hydrogen-bond acceptors (Lipinski definition) is 4. The monoisotopic (exact) mass is 338 g/mol. The summed E-state index contributed by atoms with van der Waals surface area (Å²) in [5.41, 5.74) is 1.74. The van der Waals surface area contributed by atoms with E-state index in [9.17, 15) is 8.42 Å². The van der Waals surface area contributed by atoms with Gasteiger partial charge in [-0.1, -0.05) is 12.1 Å². The average Bonchev–Trinajstić information content (AvgIpc) is 2.88. The first kappa shape index (κ1) is 16.4. The number of imidazole rings is 1. The van der Waals surface area contributed by atoms with Gasteiger partial charge in [-0.3, -0.25) is 0 Å². The molecule has 3 rings (SSSR count). The Labute approximate surface area is 136 Å². The van der Waals surface area contributed by atoms with Crippen molar-refractivity contribution in [2.24, 2.45) is 0 Å². The Morgan fingerprint density at radius 2 is 1.96 bits per heavy atom. The van der Waals surface area contributed by atoms with Crippen molar-refractivity contribution in [3.63, 3.8) is 0 Å². The molecule has 1 aromatic carbocycles. The van der Waals surface area contributed by atoms with Gasteiger partial charge in [0.05, 0.1) is 29.8 Å². The maximum absolute atomic E-state index is 12.8. The summed E-state index contributed by atoms with van der Waals surface area (Å²) in [6.45, 7) is 4.72. The SMILES string of the molecule is C[C@@H]1CN(S(=O)(=O)N(C)Cc2nc3ccccc3[nH]2)C[C@@H](C)O1. The number of nitrogens with zero attached hydrogens (tertiary/aromatic N) is 3. The van der Waals surface area contributed by atoms with Crippen LogP contribution in [-0.2, 0) is 21.5 Å². The molecule has 0 saturated carbocycles. The normalized spacial score (nSPS) is 23.7. The van der Waals surface area contributed by atoms with E-state index in [1.807, 2.05) is 38.1 Å². The molecule has 8 heteroatoms. The van der Waals surface area contributed by atoms with E-state index >= 15 is 0 Å². The molecule has 2 aromatic rings. The number of H-pyrrole nitrogens is 1. The first-order valence-corrected chi connectivity index (χ1v) is 9.06. The maximum atomic E-state index is 12.8. The quantitative estimate of drug-likeness (QED) is 0.913. The molecule has 0 spiro atoms. The van der Waals surface area contributed by atoms with Crippen molar-refractivity contribution in [1.29, 1.82) is 0 Å². The number of nitrogens with one attached hydrogen (secondary N) is 1. The van der Waals surface area contributed by atoms with Crippen LogP contribution in [0.3, 0.4) is 0 Å². The standard InChI is InChI=1S/C15H22N4O3S/c1-11-8-19(9-12(2)22-11)23(20,21)18(3)10-15-16-13-6-4-5-7-14(13)17-15/h4-7,11-12H,8-10H2,1-3H3,(H,16,17)/t11-,12-/m1/s1. The lowest BCUT2D eigenvalue weighted by Gasteiger charge is -2.36. The highest BCUT2D eigenvalue weighted by Gasteiger charge is 2.34. The van der Waals surface area contributed by atoms with Gasteiger partial charge in [0.2, 0.25) is 0 Å².